The molecule has 3 N–H and O–H groups in total. The molecule has 0 fully saturated rings. The van der Waals surface area contributed by atoms with Gasteiger partial charge in [0.25, 0.3) is 5.91 Å². The number of hydrogen-bond acceptors (Lipinski definition) is 3. The monoisotopic (exact) mass is 326 g/mol. The van der Waals surface area contributed by atoms with E-state index in [9.17, 15) is 4.79 Å². The van der Waals surface area contributed by atoms with E-state index in [1.807, 2.05) is 43.3 Å². The second-order valence-corrected chi connectivity index (χ2v) is 7.10. The van der Waals surface area contributed by atoms with Gasteiger partial charge in [-0.25, -0.2) is 0 Å². The molecule has 2 rings (SSSR count). The molecule has 1 unspecified atom stereocenters. The number of nitrogen functional groups attached to an aromatic ring is 1. The highest BCUT2D eigenvalue weighted by Gasteiger charge is 2.17. The Morgan fingerprint density at radius 3 is 2.33 bits per heavy atom. The van der Waals surface area contributed by atoms with Gasteiger partial charge in [-0.3, -0.25) is 4.79 Å². The first-order valence-corrected chi connectivity index (χ1v) is 8.11. The van der Waals surface area contributed by atoms with E-state index in [0.29, 0.717) is 17.1 Å². The maximum Gasteiger partial charge on any atom is 0.265 e. The summed E-state index contributed by atoms with van der Waals surface area (Å²) in [5.41, 5.74) is 9.36. The first-order valence-electron chi connectivity index (χ1n) is 8.11. The number of rotatable bonds is 4. The molecule has 0 spiro atoms. The molecule has 4 nitrogen and oxygen atoms in total. The molecule has 0 heterocycles. The molecule has 0 aromatic heterocycles. The number of amides is 1. The lowest BCUT2D eigenvalue weighted by molar-refractivity contribution is -0.122. The van der Waals surface area contributed by atoms with Gasteiger partial charge in [-0.15, -0.1) is 0 Å². The normalized spacial score (nSPS) is 12.5. The minimum absolute atomic E-state index is 0.0896. The van der Waals surface area contributed by atoms with E-state index in [1.165, 1.54) is 5.56 Å². The molecule has 0 radical (unpaired) electrons. The Balaban J connectivity index is 2.02. The largest absolute Gasteiger partial charge is 0.481 e. The number of carbonyl (C=O) groups is 1. The summed E-state index contributed by atoms with van der Waals surface area (Å²) >= 11 is 0. The quantitative estimate of drug-likeness (QED) is 0.824. The number of benzene rings is 2. The van der Waals surface area contributed by atoms with Crippen LogP contribution in [0.1, 0.15) is 38.8 Å². The van der Waals surface area contributed by atoms with Crippen molar-refractivity contribution in [2.45, 2.75) is 46.1 Å². The second kappa shape index (κ2) is 6.95. The predicted octanol–water partition coefficient (Wildman–Crippen LogP) is 4.28. The second-order valence-electron chi connectivity index (χ2n) is 7.10. The van der Waals surface area contributed by atoms with Crippen molar-refractivity contribution in [3.05, 3.63) is 53.6 Å². The topological polar surface area (TPSA) is 64.3 Å². The third-order valence-corrected chi connectivity index (χ3v) is 3.92. The van der Waals surface area contributed by atoms with Crippen molar-refractivity contribution in [1.29, 1.82) is 0 Å². The van der Waals surface area contributed by atoms with Crippen LogP contribution in [0, 0.1) is 6.92 Å². The molecule has 0 saturated heterocycles. The third-order valence-electron chi connectivity index (χ3n) is 3.92. The lowest BCUT2D eigenvalue weighted by Crippen LogP contribution is -2.30. The third kappa shape index (κ3) is 4.51. The number of carbonyl (C=O) groups excluding carboxylic acids is 1. The summed E-state index contributed by atoms with van der Waals surface area (Å²) in [6.07, 6.45) is -0.605. The van der Waals surface area contributed by atoms with E-state index in [-0.39, 0.29) is 11.3 Å². The minimum atomic E-state index is -0.605. The lowest BCUT2D eigenvalue weighted by Gasteiger charge is -2.20. The van der Waals surface area contributed by atoms with Gasteiger partial charge in [0.15, 0.2) is 6.10 Å². The Kier molecular flexibility index (Phi) is 5.17. The molecule has 1 amide bonds. The summed E-state index contributed by atoms with van der Waals surface area (Å²) in [7, 11) is 0. The molecule has 1 atom stereocenters. The number of hydrogen-bond donors (Lipinski definition) is 2. The van der Waals surface area contributed by atoms with Crippen molar-refractivity contribution >= 4 is 17.3 Å². The summed E-state index contributed by atoms with van der Waals surface area (Å²) in [6.45, 7) is 10.1. The van der Waals surface area contributed by atoms with Crippen LogP contribution in [0.2, 0.25) is 0 Å². The Morgan fingerprint density at radius 2 is 1.75 bits per heavy atom. The fourth-order valence-electron chi connectivity index (χ4n) is 2.30. The first-order chi connectivity index (χ1) is 11.2. The van der Waals surface area contributed by atoms with Crippen molar-refractivity contribution in [1.82, 2.24) is 0 Å². The van der Waals surface area contributed by atoms with Gasteiger partial charge in [0.2, 0.25) is 0 Å². The van der Waals surface area contributed by atoms with Crippen LogP contribution in [0.15, 0.2) is 42.5 Å². The molecule has 24 heavy (non-hydrogen) atoms. The molecule has 0 bridgehead atoms. The molecule has 0 saturated carbocycles. The van der Waals surface area contributed by atoms with Crippen LogP contribution in [0.4, 0.5) is 11.4 Å². The SMILES string of the molecule is Cc1ccc(N)cc1NC(=O)C(C)Oc1ccc(C(C)(C)C)cc1. The van der Waals surface area contributed by atoms with Crippen molar-refractivity contribution in [2.24, 2.45) is 0 Å². The fourth-order valence-corrected chi connectivity index (χ4v) is 2.30. The molecule has 128 valence electrons. The molecule has 0 aliphatic carbocycles. The zero-order valence-corrected chi connectivity index (χ0v) is 15.0. The number of ether oxygens (including phenoxy) is 1. The zero-order chi connectivity index (χ0) is 17.9. The van der Waals surface area contributed by atoms with Gasteiger partial charge in [0.1, 0.15) is 5.75 Å². The Morgan fingerprint density at radius 1 is 1.12 bits per heavy atom. The van der Waals surface area contributed by atoms with Crippen LogP contribution in [0.25, 0.3) is 0 Å². The number of aryl methyl sites for hydroxylation is 1. The van der Waals surface area contributed by atoms with E-state index in [4.69, 9.17) is 10.5 Å². The number of nitrogens with one attached hydrogen (secondary N) is 1. The summed E-state index contributed by atoms with van der Waals surface area (Å²) < 4.78 is 5.74. The van der Waals surface area contributed by atoms with E-state index in [2.05, 4.69) is 26.1 Å². The maximum absolute atomic E-state index is 12.3. The highest BCUT2D eigenvalue weighted by Crippen LogP contribution is 2.25. The first kappa shape index (κ1) is 17.9. The van der Waals surface area contributed by atoms with Crippen molar-refractivity contribution in [3.63, 3.8) is 0 Å². The van der Waals surface area contributed by atoms with Crippen molar-refractivity contribution in [2.75, 3.05) is 11.1 Å². The highest BCUT2D eigenvalue weighted by atomic mass is 16.5. The van der Waals surface area contributed by atoms with E-state index in [0.717, 1.165) is 5.56 Å². The van der Waals surface area contributed by atoms with Crippen LogP contribution in [0.3, 0.4) is 0 Å². The van der Waals surface area contributed by atoms with Crippen molar-refractivity contribution < 1.29 is 9.53 Å². The predicted molar refractivity (Wildman–Crippen MR) is 99.5 cm³/mol. The maximum atomic E-state index is 12.3. The summed E-state index contributed by atoms with van der Waals surface area (Å²) in [5, 5.41) is 2.86. The Bertz CT molecular complexity index is 715. The van der Waals surface area contributed by atoms with Crippen LogP contribution >= 0.6 is 0 Å². The molecular weight excluding hydrogens is 300 g/mol. The van der Waals surface area contributed by atoms with Crippen LogP contribution < -0.4 is 15.8 Å². The van der Waals surface area contributed by atoms with E-state index < -0.39 is 6.10 Å². The van der Waals surface area contributed by atoms with Crippen molar-refractivity contribution in [3.8, 4) is 5.75 Å². The Labute approximate surface area is 144 Å². The Hall–Kier alpha value is -2.49. The average Bonchev–Trinajstić information content (AvgIpc) is 2.50. The zero-order valence-electron chi connectivity index (χ0n) is 15.0. The van der Waals surface area contributed by atoms with Gasteiger partial charge < -0.3 is 15.8 Å². The molecule has 0 aliphatic heterocycles. The summed E-state index contributed by atoms with van der Waals surface area (Å²) in [4.78, 5) is 12.3. The van der Waals surface area contributed by atoms with Gasteiger partial charge in [-0.1, -0.05) is 39.0 Å². The summed E-state index contributed by atoms with van der Waals surface area (Å²) in [5.74, 6) is 0.471. The molecule has 2 aromatic rings. The fraction of sp³-hybridized carbons (Fsp3) is 0.350. The molecule has 4 heteroatoms. The van der Waals surface area contributed by atoms with Crippen LogP contribution in [0.5, 0.6) is 5.75 Å². The number of anilines is 2. The van der Waals surface area contributed by atoms with Crippen LogP contribution in [-0.2, 0) is 10.2 Å². The van der Waals surface area contributed by atoms with Gasteiger partial charge in [-0.05, 0) is 54.7 Å². The van der Waals surface area contributed by atoms with Crippen LogP contribution in [-0.4, -0.2) is 12.0 Å². The molecular formula is C20H26N2O2. The summed E-state index contributed by atoms with van der Waals surface area (Å²) in [6, 6.07) is 13.3. The smallest absolute Gasteiger partial charge is 0.265 e. The van der Waals surface area contributed by atoms with Gasteiger partial charge in [0, 0.05) is 11.4 Å². The standard InChI is InChI=1S/C20H26N2O2/c1-13-6-9-16(21)12-18(13)22-19(23)14(2)24-17-10-7-15(8-11-17)20(3,4)5/h6-12,14H,21H2,1-5H3,(H,22,23). The van der Waals surface area contributed by atoms with Gasteiger partial charge in [-0.2, -0.15) is 0 Å². The molecule has 2 aromatic carbocycles. The van der Waals surface area contributed by atoms with E-state index in [1.54, 1.807) is 13.0 Å². The van der Waals surface area contributed by atoms with E-state index >= 15 is 0 Å². The van der Waals surface area contributed by atoms with Gasteiger partial charge in [0.05, 0.1) is 0 Å². The lowest BCUT2D eigenvalue weighted by atomic mass is 9.87. The minimum Gasteiger partial charge on any atom is -0.481 e. The number of nitrogens with two attached hydrogens (primary N) is 1. The molecule has 0 aliphatic rings. The average molecular weight is 326 g/mol. The van der Waals surface area contributed by atoms with Gasteiger partial charge >= 0.3 is 0 Å². The highest BCUT2D eigenvalue weighted by molar-refractivity contribution is 5.95.